The van der Waals surface area contributed by atoms with Gasteiger partial charge in [-0.3, -0.25) is 4.79 Å². The maximum Gasteiger partial charge on any atom is 0.248 e. The molecule has 1 saturated carbocycles. The Morgan fingerprint density at radius 2 is 1.86 bits per heavy atom. The van der Waals surface area contributed by atoms with Gasteiger partial charge in [0.1, 0.15) is 0 Å². The summed E-state index contributed by atoms with van der Waals surface area (Å²) >= 11 is 0. The molecule has 0 radical (unpaired) electrons. The normalized spacial score (nSPS) is 28.2. The van der Waals surface area contributed by atoms with Gasteiger partial charge in [0.2, 0.25) is 21.9 Å². The molecule has 1 saturated heterocycles. The highest BCUT2D eigenvalue weighted by atomic mass is 32.2. The standard InChI is InChI=1S/C13H22F2N2O3S/c1-21(19,20)17-8-2-3-11(9-17)16-12(18)10-4-6-13(14,15)7-5-10/h10-11H,2-9H2,1H3,(H,16,18). The molecule has 0 aromatic carbocycles. The van der Waals surface area contributed by atoms with Crippen molar-refractivity contribution < 1.29 is 22.0 Å². The number of piperidine rings is 1. The first-order valence-electron chi connectivity index (χ1n) is 7.31. The topological polar surface area (TPSA) is 66.5 Å². The molecule has 5 nitrogen and oxygen atoms in total. The summed E-state index contributed by atoms with van der Waals surface area (Å²) in [6.07, 6.45) is 2.47. The van der Waals surface area contributed by atoms with Crippen LogP contribution in [0.4, 0.5) is 8.78 Å². The van der Waals surface area contributed by atoms with Crippen molar-refractivity contribution in [3.05, 3.63) is 0 Å². The number of rotatable bonds is 3. The third kappa shape index (κ3) is 4.60. The molecule has 1 aliphatic carbocycles. The average Bonchev–Trinajstić information content (AvgIpc) is 2.37. The van der Waals surface area contributed by atoms with Crippen LogP contribution in [0.25, 0.3) is 0 Å². The van der Waals surface area contributed by atoms with Crippen LogP contribution < -0.4 is 5.32 Å². The average molecular weight is 324 g/mol. The van der Waals surface area contributed by atoms with Gasteiger partial charge in [-0.2, -0.15) is 0 Å². The predicted octanol–water partition coefficient (Wildman–Crippen LogP) is 1.35. The van der Waals surface area contributed by atoms with E-state index in [1.807, 2.05) is 0 Å². The zero-order chi connectivity index (χ0) is 15.7. The zero-order valence-corrected chi connectivity index (χ0v) is 13.0. The van der Waals surface area contributed by atoms with E-state index in [-0.39, 0.29) is 50.1 Å². The number of halogens is 2. The number of nitrogens with zero attached hydrogens (tertiary/aromatic N) is 1. The van der Waals surface area contributed by atoms with E-state index in [0.29, 0.717) is 13.0 Å². The molecule has 2 rings (SSSR count). The summed E-state index contributed by atoms with van der Waals surface area (Å²) in [5, 5.41) is 2.83. The maximum absolute atomic E-state index is 13.1. The third-order valence-corrected chi connectivity index (χ3v) is 5.56. The summed E-state index contributed by atoms with van der Waals surface area (Å²) in [5.41, 5.74) is 0. The molecule has 0 aromatic rings. The molecule has 2 fully saturated rings. The smallest absolute Gasteiger partial charge is 0.248 e. The minimum atomic E-state index is -3.25. The fourth-order valence-electron chi connectivity index (χ4n) is 2.98. The fourth-order valence-corrected chi connectivity index (χ4v) is 3.89. The second-order valence-electron chi connectivity index (χ2n) is 6.10. The van der Waals surface area contributed by atoms with E-state index in [0.717, 1.165) is 12.7 Å². The van der Waals surface area contributed by atoms with Gasteiger partial charge in [-0.15, -0.1) is 0 Å². The number of nitrogens with one attached hydrogen (secondary N) is 1. The summed E-state index contributed by atoms with van der Waals surface area (Å²) in [6.45, 7) is 0.744. The summed E-state index contributed by atoms with van der Waals surface area (Å²) in [6, 6.07) is -0.219. The maximum atomic E-state index is 13.1. The number of hydrogen-bond donors (Lipinski definition) is 1. The number of alkyl halides is 2. The predicted molar refractivity (Wildman–Crippen MR) is 74.5 cm³/mol. The molecule has 0 spiro atoms. The van der Waals surface area contributed by atoms with Crippen LogP contribution in [0.2, 0.25) is 0 Å². The Morgan fingerprint density at radius 1 is 1.24 bits per heavy atom. The first-order valence-corrected chi connectivity index (χ1v) is 9.15. The van der Waals surface area contributed by atoms with Crippen LogP contribution in [0, 0.1) is 5.92 Å². The van der Waals surface area contributed by atoms with E-state index in [9.17, 15) is 22.0 Å². The lowest BCUT2D eigenvalue weighted by molar-refractivity contribution is -0.130. The number of amides is 1. The fraction of sp³-hybridized carbons (Fsp3) is 0.923. The highest BCUT2D eigenvalue weighted by molar-refractivity contribution is 7.88. The van der Waals surface area contributed by atoms with E-state index in [1.165, 1.54) is 4.31 Å². The van der Waals surface area contributed by atoms with Gasteiger partial charge in [0.05, 0.1) is 6.26 Å². The molecule has 2 aliphatic rings. The lowest BCUT2D eigenvalue weighted by Gasteiger charge is -2.33. The Kier molecular flexibility index (Phi) is 4.87. The van der Waals surface area contributed by atoms with Crippen molar-refractivity contribution in [2.75, 3.05) is 19.3 Å². The number of hydrogen-bond acceptors (Lipinski definition) is 3. The van der Waals surface area contributed by atoms with Gasteiger partial charge in [-0.1, -0.05) is 0 Å². The lowest BCUT2D eigenvalue weighted by Crippen LogP contribution is -2.51. The Bertz CT molecular complexity index is 486. The van der Waals surface area contributed by atoms with Crippen LogP contribution in [0.15, 0.2) is 0 Å². The minimum Gasteiger partial charge on any atom is -0.352 e. The summed E-state index contributed by atoms with van der Waals surface area (Å²) in [5.74, 6) is -3.24. The minimum absolute atomic E-state index is 0.196. The van der Waals surface area contributed by atoms with E-state index >= 15 is 0 Å². The van der Waals surface area contributed by atoms with Gasteiger partial charge in [0, 0.05) is 37.9 Å². The second-order valence-corrected chi connectivity index (χ2v) is 8.08. The van der Waals surface area contributed by atoms with Crippen molar-refractivity contribution >= 4 is 15.9 Å². The number of carbonyl (C=O) groups is 1. The largest absolute Gasteiger partial charge is 0.352 e. The summed E-state index contributed by atoms with van der Waals surface area (Å²) in [7, 11) is -3.25. The van der Waals surface area contributed by atoms with Crippen LogP contribution >= 0.6 is 0 Å². The van der Waals surface area contributed by atoms with Gasteiger partial charge in [0.25, 0.3) is 0 Å². The lowest BCUT2D eigenvalue weighted by atomic mass is 9.86. The first-order chi connectivity index (χ1) is 9.67. The van der Waals surface area contributed by atoms with Crippen molar-refractivity contribution in [2.45, 2.75) is 50.5 Å². The Hall–Kier alpha value is -0.760. The molecule has 122 valence electrons. The molecular weight excluding hydrogens is 302 g/mol. The van der Waals surface area contributed by atoms with Crippen LogP contribution in [0.1, 0.15) is 38.5 Å². The third-order valence-electron chi connectivity index (χ3n) is 4.29. The van der Waals surface area contributed by atoms with E-state index in [1.54, 1.807) is 0 Å². The van der Waals surface area contributed by atoms with Crippen molar-refractivity contribution in [2.24, 2.45) is 5.92 Å². The molecule has 1 atom stereocenters. The molecule has 1 N–H and O–H groups in total. The van der Waals surface area contributed by atoms with Crippen LogP contribution in [-0.2, 0) is 14.8 Å². The molecule has 1 amide bonds. The highest BCUT2D eigenvalue weighted by Crippen LogP contribution is 2.36. The first kappa shape index (κ1) is 16.6. The molecular formula is C13H22F2N2O3S. The van der Waals surface area contributed by atoms with Crippen molar-refractivity contribution in [1.29, 1.82) is 0 Å². The van der Waals surface area contributed by atoms with Crippen molar-refractivity contribution in [3.8, 4) is 0 Å². The second kappa shape index (κ2) is 6.16. The summed E-state index contributed by atoms with van der Waals surface area (Å²) in [4.78, 5) is 12.1. The highest BCUT2D eigenvalue weighted by Gasteiger charge is 2.38. The summed E-state index contributed by atoms with van der Waals surface area (Å²) < 4.78 is 50.6. The van der Waals surface area contributed by atoms with Crippen molar-refractivity contribution in [1.82, 2.24) is 9.62 Å². The molecule has 21 heavy (non-hydrogen) atoms. The Labute approximate surface area is 124 Å². The molecule has 0 aromatic heterocycles. The van der Waals surface area contributed by atoms with Gasteiger partial charge in [0.15, 0.2) is 0 Å². The van der Waals surface area contributed by atoms with Crippen LogP contribution in [-0.4, -0.2) is 49.9 Å². The van der Waals surface area contributed by atoms with Gasteiger partial charge in [-0.05, 0) is 25.7 Å². The van der Waals surface area contributed by atoms with Crippen molar-refractivity contribution in [3.63, 3.8) is 0 Å². The Morgan fingerprint density at radius 3 is 2.43 bits per heavy atom. The SMILES string of the molecule is CS(=O)(=O)N1CCCC(NC(=O)C2CCC(F)(F)CC2)C1. The van der Waals surface area contributed by atoms with E-state index < -0.39 is 15.9 Å². The van der Waals surface area contributed by atoms with Crippen LogP contribution in [0.5, 0.6) is 0 Å². The zero-order valence-electron chi connectivity index (χ0n) is 12.1. The van der Waals surface area contributed by atoms with Crippen LogP contribution in [0.3, 0.4) is 0 Å². The molecule has 1 unspecified atom stereocenters. The van der Waals surface area contributed by atoms with Gasteiger partial charge < -0.3 is 5.32 Å². The molecule has 0 bridgehead atoms. The molecule has 1 heterocycles. The van der Waals surface area contributed by atoms with Gasteiger partial charge >= 0.3 is 0 Å². The number of sulfonamides is 1. The van der Waals surface area contributed by atoms with E-state index in [4.69, 9.17) is 0 Å². The quantitative estimate of drug-likeness (QED) is 0.852. The van der Waals surface area contributed by atoms with E-state index in [2.05, 4.69) is 5.32 Å². The molecule has 1 aliphatic heterocycles. The Balaban J connectivity index is 1.85. The molecule has 8 heteroatoms. The number of carbonyl (C=O) groups excluding carboxylic acids is 1. The monoisotopic (exact) mass is 324 g/mol. The van der Waals surface area contributed by atoms with Gasteiger partial charge in [-0.25, -0.2) is 21.5 Å².